The van der Waals surface area contributed by atoms with Gasteiger partial charge in [0.1, 0.15) is 11.4 Å². The zero-order chi connectivity index (χ0) is 28.4. The van der Waals surface area contributed by atoms with Crippen LogP contribution < -0.4 is 0 Å². The molecule has 3 aliphatic rings. The summed E-state index contributed by atoms with van der Waals surface area (Å²) in [5.41, 5.74) is 1.69. The SMILES string of the molecule is C=C(/C=C\C(=C/C)OCC1CCN(C(=O)OC(C)(C)C)CC1)C1=CCC(C(=O)N2CCN(CCO)CC2)CC1. The molecule has 0 aromatic rings. The van der Waals surface area contributed by atoms with Gasteiger partial charge in [0.2, 0.25) is 5.91 Å². The van der Waals surface area contributed by atoms with Gasteiger partial charge in [-0.05, 0) is 89.0 Å². The Balaban J connectivity index is 1.39. The first-order valence-corrected chi connectivity index (χ1v) is 14.5. The number of hydrogen-bond donors (Lipinski definition) is 1. The van der Waals surface area contributed by atoms with Gasteiger partial charge in [0.05, 0.1) is 13.2 Å². The molecular formula is C31H49N3O5. The Morgan fingerprint density at radius 3 is 2.31 bits per heavy atom. The van der Waals surface area contributed by atoms with Gasteiger partial charge in [-0.3, -0.25) is 9.69 Å². The van der Waals surface area contributed by atoms with Crippen molar-refractivity contribution in [3.05, 3.63) is 47.8 Å². The third-order valence-corrected chi connectivity index (χ3v) is 7.76. The van der Waals surface area contributed by atoms with Gasteiger partial charge in [-0.2, -0.15) is 0 Å². The number of rotatable bonds is 9. The predicted molar refractivity (Wildman–Crippen MR) is 154 cm³/mol. The van der Waals surface area contributed by atoms with Crippen LogP contribution in [0.5, 0.6) is 0 Å². The van der Waals surface area contributed by atoms with Crippen molar-refractivity contribution >= 4 is 12.0 Å². The molecule has 2 aliphatic heterocycles. The number of aliphatic hydroxyl groups is 1. The lowest BCUT2D eigenvalue weighted by Gasteiger charge is -2.36. The van der Waals surface area contributed by atoms with Crippen LogP contribution in [0.3, 0.4) is 0 Å². The van der Waals surface area contributed by atoms with Gasteiger partial charge in [-0.1, -0.05) is 18.7 Å². The van der Waals surface area contributed by atoms with Crippen molar-refractivity contribution in [2.24, 2.45) is 11.8 Å². The minimum Gasteiger partial charge on any atom is -0.494 e. The van der Waals surface area contributed by atoms with Crippen molar-refractivity contribution in [2.75, 3.05) is 59.0 Å². The van der Waals surface area contributed by atoms with E-state index in [0.717, 1.165) is 69.6 Å². The lowest BCUT2D eigenvalue weighted by Crippen LogP contribution is -2.51. The second kappa shape index (κ2) is 14.7. The zero-order valence-electron chi connectivity index (χ0n) is 24.5. The minimum atomic E-state index is -0.474. The molecule has 0 spiro atoms. The highest BCUT2D eigenvalue weighted by Crippen LogP contribution is 2.30. The van der Waals surface area contributed by atoms with Crippen molar-refractivity contribution < 1.29 is 24.2 Å². The number of nitrogens with zero attached hydrogens (tertiary/aromatic N) is 3. The lowest BCUT2D eigenvalue weighted by atomic mass is 9.85. The van der Waals surface area contributed by atoms with Crippen molar-refractivity contribution in [1.82, 2.24) is 14.7 Å². The van der Waals surface area contributed by atoms with Crippen LogP contribution in [-0.4, -0.2) is 96.4 Å². The van der Waals surface area contributed by atoms with E-state index in [9.17, 15) is 9.59 Å². The zero-order valence-corrected chi connectivity index (χ0v) is 24.5. The second-order valence-electron chi connectivity index (χ2n) is 11.9. The highest BCUT2D eigenvalue weighted by Gasteiger charge is 2.29. The van der Waals surface area contributed by atoms with Gasteiger partial charge < -0.3 is 24.4 Å². The third-order valence-electron chi connectivity index (χ3n) is 7.76. The number of allylic oxidation sites excluding steroid dienone is 6. The van der Waals surface area contributed by atoms with Crippen LogP contribution in [0.25, 0.3) is 0 Å². The highest BCUT2D eigenvalue weighted by molar-refractivity contribution is 5.79. The molecule has 0 aromatic carbocycles. The van der Waals surface area contributed by atoms with Crippen LogP contribution in [0.4, 0.5) is 4.79 Å². The van der Waals surface area contributed by atoms with E-state index in [2.05, 4.69) is 17.6 Å². The number of carbonyl (C=O) groups excluding carboxylic acids is 2. The first kappa shape index (κ1) is 31.0. The molecule has 8 heteroatoms. The molecule has 39 heavy (non-hydrogen) atoms. The van der Waals surface area contributed by atoms with E-state index in [1.807, 2.05) is 50.8 Å². The molecule has 0 radical (unpaired) electrons. The van der Waals surface area contributed by atoms with Gasteiger partial charge >= 0.3 is 6.09 Å². The third kappa shape index (κ3) is 9.84. The standard InChI is InChI=1S/C31H49N3O5/c1-6-28(38-23-25-13-15-34(16-14-25)30(37)39-31(3,4)5)12-7-24(2)26-8-10-27(11-9-26)29(36)33-19-17-32(18-20-33)21-22-35/h6-8,12,25,27,35H,2,9-11,13-23H2,1,3-5H3/b12-7-,28-6+. The Kier molecular flexibility index (Phi) is 11.7. The topological polar surface area (TPSA) is 82.5 Å². The molecule has 1 atom stereocenters. The van der Waals surface area contributed by atoms with E-state index in [4.69, 9.17) is 14.6 Å². The van der Waals surface area contributed by atoms with Crippen molar-refractivity contribution in [3.63, 3.8) is 0 Å². The Labute approximate surface area is 235 Å². The number of likely N-dealkylation sites (tertiary alicyclic amines) is 1. The first-order chi connectivity index (χ1) is 18.6. The van der Waals surface area contributed by atoms with Gasteiger partial charge in [-0.25, -0.2) is 4.79 Å². The molecule has 0 aromatic heterocycles. The molecule has 8 nitrogen and oxygen atoms in total. The van der Waals surface area contributed by atoms with Crippen LogP contribution in [0.15, 0.2) is 47.8 Å². The number of amides is 2. The molecule has 2 fully saturated rings. The van der Waals surface area contributed by atoms with E-state index in [1.54, 1.807) is 4.90 Å². The number of β-amino-alcohol motifs (C(OH)–C–C–N with tert-alkyl or cyclic N) is 1. The highest BCUT2D eigenvalue weighted by atomic mass is 16.6. The van der Waals surface area contributed by atoms with Crippen LogP contribution in [-0.2, 0) is 14.3 Å². The molecule has 0 bridgehead atoms. The summed E-state index contributed by atoms with van der Waals surface area (Å²) in [5, 5.41) is 9.11. The van der Waals surface area contributed by atoms with Crippen molar-refractivity contribution in [2.45, 2.75) is 65.4 Å². The number of piperazine rings is 1. The summed E-state index contributed by atoms with van der Waals surface area (Å²) in [5.74, 6) is 1.53. The van der Waals surface area contributed by atoms with Crippen molar-refractivity contribution in [1.29, 1.82) is 0 Å². The fourth-order valence-corrected chi connectivity index (χ4v) is 5.28. The maximum atomic E-state index is 13.0. The molecule has 1 N–H and O–H groups in total. The monoisotopic (exact) mass is 543 g/mol. The summed E-state index contributed by atoms with van der Waals surface area (Å²) in [4.78, 5) is 31.3. The normalized spacial score (nSPS) is 22.1. The number of ether oxygens (including phenoxy) is 2. The number of aliphatic hydroxyl groups excluding tert-OH is 1. The molecule has 3 rings (SSSR count). The molecular weight excluding hydrogens is 494 g/mol. The number of carbonyl (C=O) groups is 2. The van der Waals surface area contributed by atoms with Crippen LogP contribution in [0.1, 0.15) is 59.8 Å². The van der Waals surface area contributed by atoms with Gasteiger partial charge in [0, 0.05) is 51.7 Å². The first-order valence-electron chi connectivity index (χ1n) is 14.5. The van der Waals surface area contributed by atoms with Crippen LogP contribution >= 0.6 is 0 Å². The summed E-state index contributed by atoms with van der Waals surface area (Å²) >= 11 is 0. The number of piperidine rings is 1. The fraction of sp³-hybridized carbons (Fsp3) is 0.677. The van der Waals surface area contributed by atoms with Gasteiger partial charge in [-0.15, -0.1) is 0 Å². The number of hydrogen-bond acceptors (Lipinski definition) is 6. The average Bonchev–Trinajstić information content (AvgIpc) is 2.92. The summed E-state index contributed by atoms with van der Waals surface area (Å²) < 4.78 is 11.6. The molecule has 2 heterocycles. The molecule has 1 unspecified atom stereocenters. The van der Waals surface area contributed by atoms with Crippen molar-refractivity contribution in [3.8, 4) is 0 Å². The lowest BCUT2D eigenvalue weighted by molar-refractivity contribution is -0.137. The van der Waals surface area contributed by atoms with Gasteiger partial charge in [0.25, 0.3) is 0 Å². The smallest absolute Gasteiger partial charge is 0.410 e. The van der Waals surface area contributed by atoms with Crippen LogP contribution in [0, 0.1) is 11.8 Å². The largest absolute Gasteiger partial charge is 0.494 e. The predicted octanol–water partition coefficient (Wildman–Crippen LogP) is 4.53. The fourth-order valence-electron chi connectivity index (χ4n) is 5.28. The van der Waals surface area contributed by atoms with E-state index in [-0.39, 0.29) is 24.5 Å². The quantitative estimate of drug-likeness (QED) is 0.340. The second-order valence-corrected chi connectivity index (χ2v) is 11.9. The molecule has 2 saturated heterocycles. The average molecular weight is 544 g/mol. The molecule has 0 saturated carbocycles. The summed E-state index contributed by atoms with van der Waals surface area (Å²) in [6.07, 6.45) is 12.1. The summed E-state index contributed by atoms with van der Waals surface area (Å²) in [6.45, 7) is 17.9. The van der Waals surface area contributed by atoms with Crippen LogP contribution in [0.2, 0.25) is 0 Å². The summed E-state index contributed by atoms with van der Waals surface area (Å²) in [6, 6.07) is 0. The van der Waals surface area contributed by atoms with E-state index in [0.29, 0.717) is 32.2 Å². The van der Waals surface area contributed by atoms with E-state index in [1.165, 1.54) is 5.57 Å². The molecule has 2 amide bonds. The Morgan fingerprint density at radius 1 is 1.05 bits per heavy atom. The Hall–Kier alpha value is -2.58. The van der Waals surface area contributed by atoms with E-state index < -0.39 is 5.60 Å². The maximum absolute atomic E-state index is 13.0. The van der Waals surface area contributed by atoms with Gasteiger partial charge in [0.15, 0.2) is 0 Å². The Bertz CT molecular complexity index is 932. The Morgan fingerprint density at radius 2 is 1.74 bits per heavy atom. The van der Waals surface area contributed by atoms with E-state index >= 15 is 0 Å². The minimum absolute atomic E-state index is 0.0473. The molecule has 218 valence electrons. The summed E-state index contributed by atoms with van der Waals surface area (Å²) in [7, 11) is 0. The molecule has 1 aliphatic carbocycles. The maximum Gasteiger partial charge on any atom is 0.410 e.